The van der Waals surface area contributed by atoms with E-state index >= 15 is 0 Å². The molecule has 0 fully saturated rings. The summed E-state index contributed by atoms with van der Waals surface area (Å²) in [5.74, 6) is -3.09. The second-order valence-corrected chi connectivity index (χ2v) is 5.59. The Morgan fingerprint density at radius 2 is 1.41 bits per heavy atom. The zero-order valence-electron chi connectivity index (χ0n) is 12.4. The van der Waals surface area contributed by atoms with E-state index in [1.54, 1.807) is 50.1 Å². The van der Waals surface area contributed by atoms with Gasteiger partial charge in [0.1, 0.15) is 0 Å². The highest BCUT2D eigenvalue weighted by Crippen LogP contribution is 2.41. The van der Waals surface area contributed by atoms with Crippen molar-refractivity contribution in [3.05, 3.63) is 57.4 Å². The number of halogens is 1. The van der Waals surface area contributed by atoms with Crippen molar-refractivity contribution in [2.24, 2.45) is 0 Å². The van der Waals surface area contributed by atoms with Crippen LogP contribution < -0.4 is 0 Å². The average Bonchev–Trinajstić information content (AvgIpc) is 2.44. The fourth-order valence-electron chi connectivity index (χ4n) is 2.72. The molecule has 0 radical (unpaired) electrons. The van der Waals surface area contributed by atoms with Crippen LogP contribution in [0, 0.1) is 0 Å². The molecule has 0 aliphatic carbocycles. The molecule has 0 atom stereocenters. The number of allylic oxidation sites excluding steroid dienone is 2. The van der Waals surface area contributed by atoms with Crippen LogP contribution in [0.2, 0.25) is 5.02 Å². The van der Waals surface area contributed by atoms with E-state index in [9.17, 15) is 19.8 Å². The van der Waals surface area contributed by atoms with Crippen molar-refractivity contribution >= 4 is 23.5 Å². The van der Waals surface area contributed by atoms with E-state index in [1.807, 2.05) is 0 Å². The Kier molecular flexibility index (Phi) is 4.28. The molecule has 0 aromatic heterocycles. The highest BCUT2D eigenvalue weighted by molar-refractivity contribution is 6.30. The van der Waals surface area contributed by atoms with Crippen LogP contribution in [0.5, 0.6) is 0 Å². The van der Waals surface area contributed by atoms with E-state index in [0.29, 0.717) is 22.0 Å². The Morgan fingerprint density at radius 1 is 1.00 bits per heavy atom. The van der Waals surface area contributed by atoms with Crippen molar-refractivity contribution in [3.8, 4) is 0 Å². The molecule has 0 saturated heterocycles. The van der Waals surface area contributed by atoms with Gasteiger partial charge in [-0.2, -0.15) is 0 Å². The normalized spacial score (nSPS) is 16.3. The van der Waals surface area contributed by atoms with Crippen LogP contribution in [-0.2, 0) is 9.59 Å². The molecule has 0 spiro atoms. The fraction of sp³-hybridized carbons (Fsp3) is 0.250. The first-order valence-corrected chi connectivity index (χ1v) is 7.00. The monoisotopic (exact) mass is 321 g/mol. The minimum absolute atomic E-state index is 0.0628. The standard InChI is InChI=1S/C16H16ClNO4/c1-8-12(15(19)20)14(10-4-6-11(17)7-5-10)13(16(21)22)9(2)18(8)3/h4-7,14H,1-3H3,(H,19,20)(H,21,22). The molecule has 0 bridgehead atoms. The van der Waals surface area contributed by atoms with Gasteiger partial charge in [0.05, 0.1) is 17.1 Å². The summed E-state index contributed by atoms with van der Waals surface area (Å²) in [7, 11) is 1.66. The predicted molar refractivity (Wildman–Crippen MR) is 82.6 cm³/mol. The molecule has 6 heteroatoms. The summed E-state index contributed by atoms with van der Waals surface area (Å²) >= 11 is 5.86. The van der Waals surface area contributed by atoms with Gasteiger partial charge in [-0.1, -0.05) is 23.7 Å². The Bertz CT molecular complexity index is 665. The lowest BCUT2D eigenvalue weighted by Gasteiger charge is -2.34. The van der Waals surface area contributed by atoms with Gasteiger partial charge in [-0.15, -0.1) is 0 Å². The van der Waals surface area contributed by atoms with E-state index < -0.39 is 17.9 Å². The van der Waals surface area contributed by atoms with E-state index in [1.165, 1.54) is 0 Å². The van der Waals surface area contributed by atoms with E-state index in [-0.39, 0.29) is 11.1 Å². The van der Waals surface area contributed by atoms with Crippen LogP contribution in [0.3, 0.4) is 0 Å². The molecule has 0 unspecified atom stereocenters. The van der Waals surface area contributed by atoms with Crippen molar-refractivity contribution in [2.45, 2.75) is 19.8 Å². The minimum atomic E-state index is -1.13. The van der Waals surface area contributed by atoms with Gasteiger partial charge in [-0.05, 0) is 31.5 Å². The third-order valence-electron chi connectivity index (χ3n) is 4.03. The van der Waals surface area contributed by atoms with Crippen molar-refractivity contribution < 1.29 is 19.8 Å². The minimum Gasteiger partial charge on any atom is -0.478 e. The molecule has 0 amide bonds. The first kappa shape index (κ1) is 16.1. The van der Waals surface area contributed by atoms with Crippen LogP contribution in [0.1, 0.15) is 25.3 Å². The smallest absolute Gasteiger partial charge is 0.334 e. The summed E-state index contributed by atoms with van der Waals surface area (Å²) in [4.78, 5) is 25.0. The summed E-state index contributed by atoms with van der Waals surface area (Å²) < 4.78 is 0. The molecule has 1 aromatic rings. The van der Waals surface area contributed by atoms with Crippen molar-refractivity contribution in [1.82, 2.24) is 4.90 Å². The maximum absolute atomic E-state index is 11.7. The van der Waals surface area contributed by atoms with Gasteiger partial charge in [0.15, 0.2) is 0 Å². The Hall–Kier alpha value is -2.27. The predicted octanol–water partition coefficient (Wildman–Crippen LogP) is 3.09. The Balaban J connectivity index is 2.74. The van der Waals surface area contributed by atoms with E-state index in [0.717, 1.165) is 0 Å². The van der Waals surface area contributed by atoms with Gasteiger partial charge >= 0.3 is 11.9 Å². The third-order valence-corrected chi connectivity index (χ3v) is 4.28. The van der Waals surface area contributed by atoms with Crippen LogP contribution in [-0.4, -0.2) is 34.1 Å². The molecular weight excluding hydrogens is 306 g/mol. The second-order valence-electron chi connectivity index (χ2n) is 5.15. The second kappa shape index (κ2) is 5.85. The number of rotatable bonds is 3. The number of hydrogen-bond acceptors (Lipinski definition) is 3. The van der Waals surface area contributed by atoms with E-state index in [4.69, 9.17) is 11.6 Å². The number of nitrogens with zero attached hydrogens (tertiary/aromatic N) is 1. The Labute approximate surface area is 133 Å². The van der Waals surface area contributed by atoms with Crippen LogP contribution in [0.4, 0.5) is 0 Å². The molecule has 1 aliphatic heterocycles. The van der Waals surface area contributed by atoms with E-state index in [2.05, 4.69) is 0 Å². The number of carboxylic acids is 2. The summed E-state index contributed by atoms with van der Waals surface area (Å²) in [5.41, 5.74) is 1.76. The summed E-state index contributed by atoms with van der Waals surface area (Å²) in [6.07, 6.45) is 0. The van der Waals surface area contributed by atoms with Crippen molar-refractivity contribution in [1.29, 1.82) is 0 Å². The molecule has 2 N–H and O–H groups in total. The topological polar surface area (TPSA) is 77.8 Å². The molecular formula is C16H16ClNO4. The van der Waals surface area contributed by atoms with Crippen molar-refractivity contribution in [3.63, 3.8) is 0 Å². The summed E-state index contributed by atoms with van der Waals surface area (Å²) in [5, 5.41) is 19.7. The largest absolute Gasteiger partial charge is 0.478 e. The average molecular weight is 322 g/mol. The van der Waals surface area contributed by atoms with Crippen LogP contribution in [0.25, 0.3) is 0 Å². The quantitative estimate of drug-likeness (QED) is 0.894. The maximum Gasteiger partial charge on any atom is 0.334 e. The van der Waals surface area contributed by atoms with Gasteiger partial charge in [0.25, 0.3) is 0 Å². The molecule has 22 heavy (non-hydrogen) atoms. The van der Waals surface area contributed by atoms with Gasteiger partial charge in [-0.3, -0.25) is 0 Å². The molecule has 5 nitrogen and oxygen atoms in total. The first-order chi connectivity index (χ1) is 10.3. The van der Waals surface area contributed by atoms with Crippen LogP contribution in [0.15, 0.2) is 46.8 Å². The first-order valence-electron chi connectivity index (χ1n) is 6.63. The summed E-state index contributed by atoms with van der Waals surface area (Å²) in [6.45, 7) is 3.35. The molecule has 2 rings (SSSR count). The number of carboxylic acid groups (broad SMARTS) is 2. The number of hydrogen-bond donors (Lipinski definition) is 2. The lowest BCUT2D eigenvalue weighted by molar-refractivity contribution is -0.133. The molecule has 1 aromatic carbocycles. The molecule has 1 aliphatic rings. The lowest BCUT2D eigenvalue weighted by atomic mass is 9.80. The van der Waals surface area contributed by atoms with Gasteiger partial charge in [0, 0.05) is 23.5 Å². The van der Waals surface area contributed by atoms with Crippen LogP contribution >= 0.6 is 11.6 Å². The number of aliphatic carboxylic acids is 2. The lowest BCUT2D eigenvalue weighted by Crippen LogP contribution is -2.32. The molecule has 1 heterocycles. The SMILES string of the molecule is CC1=C(C(=O)O)C(c2ccc(Cl)cc2)C(C(=O)O)=C(C)N1C. The maximum atomic E-state index is 11.7. The summed E-state index contributed by atoms with van der Waals surface area (Å²) in [6, 6.07) is 6.56. The highest BCUT2D eigenvalue weighted by atomic mass is 35.5. The molecule has 116 valence electrons. The number of carbonyl (C=O) groups is 2. The molecule has 0 saturated carbocycles. The van der Waals surface area contributed by atoms with Gasteiger partial charge < -0.3 is 15.1 Å². The fourth-order valence-corrected chi connectivity index (χ4v) is 2.85. The number of benzene rings is 1. The Morgan fingerprint density at radius 3 is 1.77 bits per heavy atom. The van der Waals surface area contributed by atoms with Gasteiger partial charge in [-0.25, -0.2) is 9.59 Å². The highest BCUT2D eigenvalue weighted by Gasteiger charge is 2.38. The zero-order valence-corrected chi connectivity index (χ0v) is 13.2. The van der Waals surface area contributed by atoms with Gasteiger partial charge in [0.2, 0.25) is 0 Å². The zero-order chi connectivity index (χ0) is 16.6. The van der Waals surface area contributed by atoms with Crippen molar-refractivity contribution in [2.75, 3.05) is 7.05 Å². The third kappa shape index (κ3) is 2.60.